The van der Waals surface area contributed by atoms with Gasteiger partial charge >= 0.3 is 5.97 Å². The van der Waals surface area contributed by atoms with Crippen molar-refractivity contribution in [3.05, 3.63) is 39.6 Å². The molecule has 0 radical (unpaired) electrons. The fourth-order valence-electron chi connectivity index (χ4n) is 2.36. The van der Waals surface area contributed by atoms with Crippen LogP contribution in [0.1, 0.15) is 20.1 Å². The summed E-state index contributed by atoms with van der Waals surface area (Å²) in [6.45, 7) is 4.41. The van der Waals surface area contributed by atoms with E-state index in [1.807, 2.05) is 13.8 Å². The van der Waals surface area contributed by atoms with Crippen molar-refractivity contribution >= 4 is 28.9 Å². The molecule has 2 aromatic rings. The summed E-state index contributed by atoms with van der Waals surface area (Å²) in [7, 11) is 0. The van der Waals surface area contributed by atoms with Gasteiger partial charge in [-0.1, -0.05) is 0 Å². The molecule has 1 aromatic heterocycles. The zero-order chi connectivity index (χ0) is 17.1. The quantitative estimate of drug-likeness (QED) is 0.861. The van der Waals surface area contributed by atoms with E-state index < -0.39 is 11.9 Å². The predicted molar refractivity (Wildman–Crippen MR) is 90.1 cm³/mol. The van der Waals surface area contributed by atoms with Gasteiger partial charge in [0.05, 0.1) is 5.56 Å². The second-order valence-corrected chi connectivity index (χ2v) is 6.77. The summed E-state index contributed by atoms with van der Waals surface area (Å²) >= 11 is 1.52. The van der Waals surface area contributed by atoms with Crippen molar-refractivity contribution in [1.82, 2.24) is 0 Å². The Bertz CT molecular complexity index is 783. The van der Waals surface area contributed by atoms with Crippen molar-refractivity contribution < 1.29 is 23.8 Å². The normalized spacial score (nSPS) is 12.6. The summed E-state index contributed by atoms with van der Waals surface area (Å²) in [4.78, 5) is 25.9. The maximum atomic E-state index is 12.0. The highest BCUT2D eigenvalue weighted by Gasteiger charge is 2.16. The average molecular weight is 347 g/mol. The maximum absolute atomic E-state index is 12.0. The van der Waals surface area contributed by atoms with Crippen LogP contribution >= 0.6 is 11.3 Å². The Hall–Kier alpha value is -2.54. The number of carbonyl (C=O) groups is 2. The van der Waals surface area contributed by atoms with Crippen molar-refractivity contribution in [3.8, 4) is 11.5 Å². The Balaban J connectivity index is 1.56. The molecule has 0 atom stereocenters. The molecule has 7 heteroatoms. The Morgan fingerprint density at radius 1 is 1.17 bits per heavy atom. The number of amides is 1. The highest BCUT2D eigenvalue weighted by Crippen LogP contribution is 2.32. The van der Waals surface area contributed by atoms with E-state index in [0.717, 1.165) is 9.75 Å². The molecule has 0 fully saturated rings. The van der Waals surface area contributed by atoms with Gasteiger partial charge in [-0.05, 0) is 32.0 Å². The van der Waals surface area contributed by atoms with E-state index in [-0.39, 0.29) is 6.61 Å². The molecule has 0 saturated heterocycles. The molecule has 24 heavy (non-hydrogen) atoms. The number of fused-ring (bicyclic) bond motifs is 1. The number of thiophene rings is 1. The Kier molecular flexibility index (Phi) is 4.71. The van der Waals surface area contributed by atoms with Crippen molar-refractivity contribution in [2.24, 2.45) is 0 Å². The molecule has 0 aliphatic carbocycles. The van der Waals surface area contributed by atoms with E-state index in [0.29, 0.717) is 36.0 Å². The molecule has 0 saturated carbocycles. The molecule has 1 amide bonds. The second-order valence-electron chi connectivity index (χ2n) is 5.31. The van der Waals surface area contributed by atoms with Gasteiger partial charge in [0.1, 0.15) is 13.2 Å². The number of benzene rings is 1. The molecule has 0 bridgehead atoms. The number of esters is 1. The molecule has 0 spiro atoms. The summed E-state index contributed by atoms with van der Waals surface area (Å²) in [5.41, 5.74) is 1.06. The summed E-state index contributed by atoms with van der Waals surface area (Å²) in [6.07, 6.45) is 0. The highest BCUT2D eigenvalue weighted by atomic mass is 32.1. The van der Waals surface area contributed by atoms with Gasteiger partial charge in [-0.3, -0.25) is 4.79 Å². The monoisotopic (exact) mass is 347 g/mol. The van der Waals surface area contributed by atoms with E-state index in [4.69, 9.17) is 14.2 Å². The smallest absolute Gasteiger partial charge is 0.339 e. The number of rotatable bonds is 4. The van der Waals surface area contributed by atoms with E-state index in [1.165, 1.54) is 11.3 Å². The SMILES string of the molecule is Cc1cc(C(=O)OCC(=O)Nc2ccc3c(c2)OCCO3)c(C)s1. The largest absolute Gasteiger partial charge is 0.486 e. The fraction of sp³-hybridized carbons (Fsp3) is 0.294. The van der Waals surface area contributed by atoms with Gasteiger partial charge in [0.2, 0.25) is 0 Å². The molecule has 1 aliphatic rings. The molecule has 2 heterocycles. The van der Waals surface area contributed by atoms with Crippen LogP contribution in [0, 0.1) is 13.8 Å². The molecule has 6 nitrogen and oxygen atoms in total. The molecule has 0 unspecified atom stereocenters. The number of hydrogen-bond acceptors (Lipinski definition) is 6. The summed E-state index contributed by atoms with van der Waals surface area (Å²) in [5.74, 6) is 0.327. The Morgan fingerprint density at radius 3 is 2.62 bits per heavy atom. The molecule has 1 aliphatic heterocycles. The number of nitrogens with one attached hydrogen (secondary N) is 1. The molecule has 1 aromatic carbocycles. The zero-order valence-corrected chi connectivity index (χ0v) is 14.2. The van der Waals surface area contributed by atoms with Gasteiger partial charge < -0.3 is 19.5 Å². The molecule has 1 N–H and O–H groups in total. The topological polar surface area (TPSA) is 73.9 Å². The first kappa shape index (κ1) is 16.3. The third-order valence-electron chi connectivity index (χ3n) is 3.42. The van der Waals surface area contributed by atoms with Crippen LogP contribution in [0.15, 0.2) is 24.3 Å². The molecule has 126 valence electrons. The van der Waals surface area contributed by atoms with Crippen molar-refractivity contribution in [3.63, 3.8) is 0 Å². The third-order valence-corrected chi connectivity index (χ3v) is 4.39. The molecular formula is C17H17NO5S. The number of aryl methyl sites for hydroxylation is 2. The van der Waals surface area contributed by atoms with Crippen LogP contribution in [0.5, 0.6) is 11.5 Å². The first-order valence-corrected chi connectivity index (χ1v) is 8.28. The summed E-state index contributed by atoms with van der Waals surface area (Å²) < 4.78 is 15.9. The minimum atomic E-state index is -0.492. The number of carbonyl (C=O) groups excluding carboxylic acids is 2. The Labute approximate surface area is 143 Å². The van der Waals surface area contributed by atoms with E-state index in [9.17, 15) is 9.59 Å². The lowest BCUT2D eigenvalue weighted by Crippen LogP contribution is -2.21. The van der Waals surface area contributed by atoms with Crippen LogP contribution in [0.4, 0.5) is 5.69 Å². The van der Waals surface area contributed by atoms with Gasteiger partial charge in [-0.2, -0.15) is 0 Å². The molecule has 3 rings (SSSR count). The van der Waals surface area contributed by atoms with E-state index >= 15 is 0 Å². The summed E-state index contributed by atoms with van der Waals surface area (Å²) in [5, 5.41) is 2.67. The number of hydrogen-bond donors (Lipinski definition) is 1. The van der Waals surface area contributed by atoms with Gasteiger partial charge in [0.15, 0.2) is 18.1 Å². The van der Waals surface area contributed by atoms with Crippen LogP contribution in [-0.4, -0.2) is 31.7 Å². The average Bonchev–Trinajstić information content (AvgIpc) is 2.91. The number of ether oxygens (including phenoxy) is 3. The van der Waals surface area contributed by atoms with Crippen molar-refractivity contribution in [2.45, 2.75) is 13.8 Å². The lowest BCUT2D eigenvalue weighted by Gasteiger charge is -2.19. The first-order chi connectivity index (χ1) is 11.5. The Morgan fingerprint density at radius 2 is 1.92 bits per heavy atom. The standard InChI is InChI=1S/C17H17NO5S/c1-10-7-13(11(2)24-10)17(20)23-9-16(19)18-12-3-4-14-15(8-12)22-6-5-21-14/h3-4,7-8H,5-6,9H2,1-2H3,(H,18,19). The van der Waals surface area contributed by atoms with Crippen LogP contribution in [-0.2, 0) is 9.53 Å². The van der Waals surface area contributed by atoms with Gasteiger partial charge in [0, 0.05) is 21.5 Å². The fourth-order valence-corrected chi connectivity index (χ4v) is 3.27. The minimum absolute atomic E-state index is 0.346. The minimum Gasteiger partial charge on any atom is -0.486 e. The van der Waals surface area contributed by atoms with Crippen LogP contribution < -0.4 is 14.8 Å². The summed E-state index contributed by atoms with van der Waals surface area (Å²) in [6, 6.07) is 6.88. The number of anilines is 1. The van der Waals surface area contributed by atoms with Crippen LogP contribution in [0.25, 0.3) is 0 Å². The van der Waals surface area contributed by atoms with Gasteiger partial charge in [-0.15, -0.1) is 11.3 Å². The van der Waals surface area contributed by atoms with E-state index in [1.54, 1.807) is 24.3 Å². The van der Waals surface area contributed by atoms with Crippen LogP contribution in [0.2, 0.25) is 0 Å². The maximum Gasteiger partial charge on any atom is 0.339 e. The van der Waals surface area contributed by atoms with Gasteiger partial charge in [-0.25, -0.2) is 4.79 Å². The first-order valence-electron chi connectivity index (χ1n) is 7.46. The zero-order valence-electron chi connectivity index (χ0n) is 13.4. The lowest BCUT2D eigenvalue weighted by molar-refractivity contribution is -0.119. The van der Waals surface area contributed by atoms with Crippen molar-refractivity contribution in [1.29, 1.82) is 0 Å². The molecular weight excluding hydrogens is 330 g/mol. The lowest BCUT2D eigenvalue weighted by atomic mass is 10.2. The van der Waals surface area contributed by atoms with Crippen LogP contribution in [0.3, 0.4) is 0 Å². The third kappa shape index (κ3) is 3.68. The predicted octanol–water partition coefficient (Wildman–Crippen LogP) is 2.93. The van der Waals surface area contributed by atoms with E-state index in [2.05, 4.69) is 5.32 Å². The second kappa shape index (κ2) is 6.92. The highest BCUT2D eigenvalue weighted by molar-refractivity contribution is 7.12. The van der Waals surface area contributed by atoms with Crippen molar-refractivity contribution in [2.75, 3.05) is 25.1 Å². The van der Waals surface area contributed by atoms with Gasteiger partial charge in [0.25, 0.3) is 5.91 Å².